The fourth-order valence-electron chi connectivity index (χ4n) is 4.07. The Balaban J connectivity index is 1.41. The molecule has 0 bridgehead atoms. The first-order valence-electron chi connectivity index (χ1n) is 11.8. The normalized spacial score (nSPS) is 15.9. The van der Waals surface area contributed by atoms with E-state index in [9.17, 15) is 18.0 Å². The molecule has 1 aliphatic rings. The van der Waals surface area contributed by atoms with E-state index in [-0.39, 0.29) is 6.10 Å². The molecular formula is C28H22F3N5O2. The maximum absolute atomic E-state index is 13.3. The van der Waals surface area contributed by atoms with E-state index in [2.05, 4.69) is 25.4 Å². The minimum absolute atomic E-state index is 0.339. The quantitative estimate of drug-likeness (QED) is 0.343. The van der Waals surface area contributed by atoms with Gasteiger partial charge in [0.1, 0.15) is 5.69 Å². The number of amides is 1. The van der Waals surface area contributed by atoms with Crippen LogP contribution in [0.5, 0.6) is 0 Å². The van der Waals surface area contributed by atoms with Gasteiger partial charge in [0.25, 0.3) is 5.91 Å². The SMILES string of the molecule is C[C@@H](NC(=O)c1cc(C2=NOC(c3ccccn3)C2)cc(-c2ccccn2)c1)c1ccc(C(F)(F)F)nc1. The van der Waals surface area contributed by atoms with E-state index in [0.29, 0.717) is 40.1 Å². The summed E-state index contributed by atoms with van der Waals surface area (Å²) < 4.78 is 38.6. The Morgan fingerprint density at radius 1 is 0.974 bits per heavy atom. The van der Waals surface area contributed by atoms with Gasteiger partial charge in [-0.1, -0.05) is 23.4 Å². The lowest BCUT2D eigenvalue weighted by molar-refractivity contribution is -0.141. The third kappa shape index (κ3) is 5.54. The average molecular weight is 518 g/mol. The summed E-state index contributed by atoms with van der Waals surface area (Å²) in [6.07, 6.45) is 0.0658. The van der Waals surface area contributed by atoms with Crippen molar-refractivity contribution < 1.29 is 22.8 Å². The lowest BCUT2D eigenvalue weighted by Crippen LogP contribution is -2.27. The molecule has 0 saturated heterocycles. The molecule has 3 aromatic heterocycles. The molecule has 2 atom stereocenters. The molecular weight excluding hydrogens is 495 g/mol. The Kier molecular flexibility index (Phi) is 6.87. The van der Waals surface area contributed by atoms with E-state index >= 15 is 0 Å². The lowest BCUT2D eigenvalue weighted by atomic mass is 9.96. The van der Waals surface area contributed by atoms with Gasteiger partial charge in [0, 0.05) is 41.7 Å². The van der Waals surface area contributed by atoms with Gasteiger partial charge in [-0.25, -0.2) is 0 Å². The predicted molar refractivity (Wildman–Crippen MR) is 134 cm³/mol. The van der Waals surface area contributed by atoms with E-state index in [1.807, 2.05) is 36.4 Å². The van der Waals surface area contributed by atoms with Crippen LogP contribution in [-0.2, 0) is 11.0 Å². The average Bonchev–Trinajstić information content (AvgIpc) is 3.44. The van der Waals surface area contributed by atoms with Crippen molar-refractivity contribution in [3.05, 3.63) is 113 Å². The van der Waals surface area contributed by atoms with Crippen molar-refractivity contribution in [2.45, 2.75) is 31.7 Å². The van der Waals surface area contributed by atoms with Crippen LogP contribution in [0.3, 0.4) is 0 Å². The predicted octanol–water partition coefficient (Wildman–Crippen LogP) is 5.91. The molecule has 4 aromatic rings. The molecule has 5 rings (SSSR count). The molecule has 1 aromatic carbocycles. The largest absolute Gasteiger partial charge is 0.433 e. The van der Waals surface area contributed by atoms with Crippen molar-refractivity contribution in [1.82, 2.24) is 20.3 Å². The van der Waals surface area contributed by atoms with Crippen LogP contribution in [0.2, 0.25) is 0 Å². The second-order valence-corrected chi connectivity index (χ2v) is 8.77. The molecule has 192 valence electrons. The Labute approximate surface area is 216 Å². The Morgan fingerprint density at radius 2 is 1.74 bits per heavy atom. The number of rotatable bonds is 6. The van der Waals surface area contributed by atoms with Gasteiger partial charge >= 0.3 is 6.18 Å². The molecule has 1 aliphatic heterocycles. The molecule has 38 heavy (non-hydrogen) atoms. The van der Waals surface area contributed by atoms with Crippen molar-refractivity contribution in [2.75, 3.05) is 0 Å². The zero-order valence-corrected chi connectivity index (χ0v) is 20.2. The minimum atomic E-state index is -4.53. The van der Waals surface area contributed by atoms with E-state index in [1.54, 1.807) is 37.5 Å². The van der Waals surface area contributed by atoms with E-state index in [4.69, 9.17) is 4.84 Å². The number of halogens is 3. The van der Waals surface area contributed by atoms with Gasteiger partial charge in [0.2, 0.25) is 0 Å². The maximum atomic E-state index is 13.3. The standard InChI is InChI=1S/C28H22F3N5O2/c1-17(18-8-9-26(34-16-18)28(29,30)31)35-27(37)21-13-19(22-6-2-4-10-32-22)12-20(14-21)24-15-25(38-36-24)23-7-3-5-11-33-23/h2-14,16-17,25H,15H2,1H3,(H,35,37)/t17-,25?/m1/s1. The highest BCUT2D eigenvalue weighted by Gasteiger charge is 2.32. The topological polar surface area (TPSA) is 89.4 Å². The molecule has 10 heteroatoms. The molecule has 0 radical (unpaired) electrons. The molecule has 0 fully saturated rings. The smallest absolute Gasteiger partial charge is 0.385 e. The van der Waals surface area contributed by atoms with Gasteiger partial charge in [-0.2, -0.15) is 13.2 Å². The maximum Gasteiger partial charge on any atom is 0.433 e. The van der Waals surface area contributed by atoms with Crippen LogP contribution in [0.25, 0.3) is 11.3 Å². The molecule has 1 unspecified atom stereocenters. The summed E-state index contributed by atoms with van der Waals surface area (Å²) in [5.74, 6) is -0.405. The molecule has 1 amide bonds. The van der Waals surface area contributed by atoms with Crippen LogP contribution >= 0.6 is 0 Å². The van der Waals surface area contributed by atoms with Crippen molar-refractivity contribution in [1.29, 1.82) is 0 Å². The molecule has 0 aliphatic carbocycles. The highest BCUT2D eigenvalue weighted by atomic mass is 19.4. The van der Waals surface area contributed by atoms with Crippen molar-refractivity contribution >= 4 is 11.6 Å². The van der Waals surface area contributed by atoms with Gasteiger partial charge in [-0.05, 0) is 61.0 Å². The van der Waals surface area contributed by atoms with E-state index in [0.717, 1.165) is 18.0 Å². The van der Waals surface area contributed by atoms with E-state index < -0.39 is 23.8 Å². The highest BCUT2D eigenvalue weighted by molar-refractivity contribution is 6.05. The van der Waals surface area contributed by atoms with Crippen molar-refractivity contribution in [2.24, 2.45) is 5.16 Å². The van der Waals surface area contributed by atoms with Gasteiger partial charge < -0.3 is 10.2 Å². The number of carbonyl (C=O) groups is 1. The fraction of sp³-hybridized carbons (Fsp3) is 0.179. The second-order valence-electron chi connectivity index (χ2n) is 8.77. The molecule has 7 nitrogen and oxygen atoms in total. The third-order valence-electron chi connectivity index (χ3n) is 6.10. The summed E-state index contributed by atoms with van der Waals surface area (Å²) >= 11 is 0. The Bertz CT molecular complexity index is 1460. The minimum Gasteiger partial charge on any atom is -0.385 e. The van der Waals surface area contributed by atoms with Gasteiger partial charge in [0.05, 0.1) is 23.1 Å². The highest BCUT2D eigenvalue weighted by Crippen LogP contribution is 2.31. The molecule has 1 N–H and O–H groups in total. The first-order valence-corrected chi connectivity index (χ1v) is 11.8. The first kappa shape index (κ1) is 25.1. The van der Waals surface area contributed by atoms with Crippen LogP contribution in [0.1, 0.15) is 58.4 Å². The number of benzene rings is 1. The fourth-order valence-corrected chi connectivity index (χ4v) is 4.07. The number of aromatic nitrogens is 3. The van der Waals surface area contributed by atoms with Crippen LogP contribution in [0.15, 0.2) is 90.5 Å². The zero-order valence-electron chi connectivity index (χ0n) is 20.2. The van der Waals surface area contributed by atoms with Gasteiger partial charge in [0.15, 0.2) is 6.10 Å². The number of nitrogens with one attached hydrogen (secondary N) is 1. The lowest BCUT2D eigenvalue weighted by Gasteiger charge is -2.16. The number of oxime groups is 1. The zero-order chi connectivity index (χ0) is 26.7. The Hall–Kier alpha value is -4.60. The number of carbonyl (C=O) groups excluding carboxylic acids is 1. The molecule has 4 heterocycles. The summed E-state index contributed by atoms with van der Waals surface area (Å²) in [4.78, 5) is 31.1. The molecule has 0 saturated carbocycles. The van der Waals surface area contributed by atoms with Crippen LogP contribution in [0, 0.1) is 0 Å². The summed E-state index contributed by atoms with van der Waals surface area (Å²) in [5, 5.41) is 7.10. The third-order valence-corrected chi connectivity index (χ3v) is 6.10. The number of nitrogens with zero attached hydrogens (tertiary/aromatic N) is 4. The Morgan fingerprint density at radius 3 is 2.39 bits per heavy atom. The number of hydrogen-bond donors (Lipinski definition) is 1. The van der Waals surface area contributed by atoms with Gasteiger partial charge in [-0.3, -0.25) is 19.7 Å². The van der Waals surface area contributed by atoms with Crippen LogP contribution < -0.4 is 5.32 Å². The summed E-state index contributed by atoms with van der Waals surface area (Å²) in [7, 11) is 0. The summed E-state index contributed by atoms with van der Waals surface area (Å²) in [6.45, 7) is 1.68. The van der Waals surface area contributed by atoms with Crippen LogP contribution in [0.4, 0.5) is 13.2 Å². The summed E-state index contributed by atoms with van der Waals surface area (Å²) in [5.41, 5.74) is 3.29. The molecule has 0 spiro atoms. The van der Waals surface area contributed by atoms with Crippen molar-refractivity contribution in [3.63, 3.8) is 0 Å². The number of hydrogen-bond acceptors (Lipinski definition) is 6. The second kappa shape index (κ2) is 10.4. The van der Waals surface area contributed by atoms with Crippen molar-refractivity contribution in [3.8, 4) is 11.3 Å². The first-order chi connectivity index (χ1) is 18.3. The monoisotopic (exact) mass is 517 g/mol. The number of alkyl halides is 3. The van der Waals surface area contributed by atoms with Crippen LogP contribution in [-0.4, -0.2) is 26.6 Å². The van der Waals surface area contributed by atoms with Gasteiger partial charge in [-0.15, -0.1) is 0 Å². The number of pyridine rings is 3. The van der Waals surface area contributed by atoms with E-state index in [1.165, 1.54) is 6.07 Å². The summed E-state index contributed by atoms with van der Waals surface area (Å²) in [6, 6.07) is 18.0.